The van der Waals surface area contributed by atoms with Crippen molar-refractivity contribution in [3.05, 3.63) is 18.2 Å². The zero-order valence-electron chi connectivity index (χ0n) is 10.1. The Bertz CT molecular complexity index is 439. The molecule has 1 atom stereocenters. The van der Waals surface area contributed by atoms with Gasteiger partial charge in [0, 0.05) is 16.6 Å². The molecule has 0 saturated heterocycles. The molecule has 1 aliphatic heterocycles. The fourth-order valence-electron chi connectivity index (χ4n) is 1.69. The van der Waals surface area contributed by atoms with E-state index >= 15 is 0 Å². The predicted molar refractivity (Wildman–Crippen MR) is 69.7 cm³/mol. The molecule has 3 N–H and O–H groups in total. The van der Waals surface area contributed by atoms with E-state index in [4.69, 9.17) is 15.3 Å². The van der Waals surface area contributed by atoms with Crippen molar-refractivity contribution in [3.8, 4) is 11.5 Å². The van der Waals surface area contributed by atoms with Gasteiger partial charge in [0.1, 0.15) is 13.2 Å². The SMILES string of the molecule is CC(CC(=O)NN)Sc1ccc2c(c1)OCCO2. The number of hydrogen-bond acceptors (Lipinski definition) is 5. The van der Waals surface area contributed by atoms with Gasteiger partial charge in [-0.25, -0.2) is 5.84 Å². The van der Waals surface area contributed by atoms with Crippen molar-refractivity contribution in [2.45, 2.75) is 23.5 Å². The Morgan fingerprint density at radius 3 is 2.89 bits per heavy atom. The van der Waals surface area contributed by atoms with Crippen LogP contribution in [0.5, 0.6) is 11.5 Å². The van der Waals surface area contributed by atoms with Gasteiger partial charge in [0.25, 0.3) is 0 Å². The maximum Gasteiger partial charge on any atom is 0.234 e. The lowest BCUT2D eigenvalue weighted by molar-refractivity contribution is -0.121. The molecule has 1 aromatic carbocycles. The lowest BCUT2D eigenvalue weighted by atomic mass is 10.3. The molecule has 1 aliphatic rings. The standard InChI is InChI=1S/C12H16N2O3S/c1-8(6-12(15)14-13)18-9-2-3-10-11(7-9)17-5-4-16-10/h2-3,7-8H,4-6,13H2,1H3,(H,14,15). The first-order chi connectivity index (χ1) is 8.69. The summed E-state index contributed by atoms with van der Waals surface area (Å²) in [5.41, 5.74) is 2.13. The predicted octanol–water partition coefficient (Wildman–Crippen LogP) is 1.32. The number of benzene rings is 1. The van der Waals surface area contributed by atoms with E-state index in [0.717, 1.165) is 16.4 Å². The van der Waals surface area contributed by atoms with Crippen LogP contribution in [0.25, 0.3) is 0 Å². The first-order valence-corrected chi connectivity index (χ1v) is 6.63. The third-order valence-electron chi connectivity index (χ3n) is 2.48. The summed E-state index contributed by atoms with van der Waals surface area (Å²) in [4.78, 5) is 12.2. The number of carbonyl (C=O) groups excluding carboxylic acids is 1. The third-order valence-corrected chi connectivity index (χ3v) is 3.58. The van der Waals surface area contributed by atoms with Gasteiger partial charge in [0.2, 0.25) is 5.91 Å². The van der Waals surface area contributed by atoms with Gasteiger partial charge in [-0.3, -0.25) is 10.2 Å². The van der Waals surface area contributed by atoms with Crippen LogP contribution in [0.15, 0.2) is 23.1 Å². The quantitative estimate of drug-likeness (QED) is 0.373. The van der Waals surface area contributed by atoms with Crippen molar-refractivity contribution in [2.24, 2.45) is 5.84 Å². The lowest BCUT2D eigenvalue weighted by Crippen LogP contribution is -2.31. The fourth-order valence-corrected chi connectivity index (χ4v) is 2.71. The monoisotopic (exact) mass is 268 g/mol. The Balaban J connectivity index is 1.99. The minimum Gasteiger partial charge on any atom is -0.486 e. The second-order valence-corrected chi connectivity index (χ2v) is 5.52. The minimum absolute atomic E-state index is 0.149. The van der Waals surface area contributed by atoms with Gasteiger partial charge in [-0.05, 0) is 18.2 Å². The number of nitrogens with one attached hydrogen (secondary N) is 1. The Morgan fingerprint density at radius 1 is 1.44 bits per heavy atom. The topological polar surface area (TPSA) is 73.6 Å². The number of rotatable bonds is 4. The lowest BCUT2D eigenvalue weighted by Gasteiger charge is -2.19. The molecule has 1 amide bonds. The van der Waals surface area contributed by atoms with Crippen molar-refractivity contribution < 1.29 is 14.3 Å². The molecule has 98 valence electrons. The summed E-state index contributed by atoms with van der Waals surface area (Å²) in [7, 11) is 0. The molecule has 0 bridgehead atoms. The van der Waals surface area contributed by atoms with Crippen LogP contribution >= 0.6 is 11.8 Å². The number of hydrogen-bond donors (Lipinski definition) is 2. The average Bonchev–Trinajstić information content (AvgIpc) is 2.38. The first kappa shape index (κ1) is 13.0. The minimum atomic E-state index is -0.160. The maximum absolute atomic E-state index is 11.2. The van der Waals surface area contributed by atoms with E-state index in [9.17, 15) is 4.79 Å². The summed E-state index contributed by atoms with van der Waals surface area (Å²) < 4.78 is 11.0. The summed E-state index contributed by atoms with van der Waals surface area (Å²) in [6, 6.07) is 5.80. The second kappa shape index (κ2) is 5.97. The molecule has 0 spiro atoms. The summed E-state index contributed by atoms with van der Waals surface area (Å²) >= 11 is 1.61. The fraction of sp³-hybridized carbons (Fsp3) is 0.417. The molecule has 0 aromatic heterocycles. The number of carbonyl (C=O) groups is 1. The number of ether oxygens (including phenoxy) is 2. The molecule has 1 heterocycles. The van der Waals surface area contributed by atoms with Crippen molar-refractivity contribution >= 4 is 17.7 Å². The number of amides is 1. The molecule has 1 aromatic rings. The second-order valence-electron chi connectivity index (χ2n) is 4.01. The van der Waals surface area contributed by atoms with Gasteiger partial charge >= 0.3 is 0 Å². The number of nitrogens with two attached hydrogens (primary N) is 1. The molecular weight excluding hydrogens is 252 g/mol. The normalized spacial score (nSPS) is 15.0. The van der Waals surface area contributed by atoms with Crippen molar-refractivity contribution in [2.75, 3.05) is 13.2 Å². The van der Waals surface area contributed by atoms with Gasteiger partial charge in [0.05, 0.1) is 0 Å². The van der Waals surface area contributed by atoms with Crippen LogP contribution in [0.4, 0.5) is 0 Å². The molecule has 1 unspecified atom stereocenters. The number of hydrazine groups is 1. The molecule has 18 heavy (non-hydrogen) atoms. The van der Waals surface area contributed by atoms with Gasteiger partial charge in [-0.15, -0.1) is 11.8 Å². The van der Waals surface area contributed by atoms with Crippen LogP contribution in [0.2, 0.25) is 0 Å². The van der Waals surface area contributed by atoms with Crippen LogP contribution in [0.1, 0.15) is 13.3 Å². The molecule has 0 aliphatic carbocycles. The zero-order valence-corrected chi connectivity index (χ0v) is 11.0. The molecule has 2 rings (SSSR count). The third kappa shape index (κ3) is 3.30. The van der Waals surface area contributed by atoms with Crippen LogP contribution in [0.3, 0.4) is 0 Å². The average molecular weight is 268 g/mol. The number of thioether (sulfide) groups is 1. The van der Waals surface area contributed by atoms with Crippen LogP contribution < -0.4 is 20.7 Å². The molecule has 0 radical (unpaired) electrons. The van der Waals surface area contributed by atoms with Crippen LogP contribution in [-0.4, -0.2) is 24.4 Å². The highest BCUT2D eigenvalue weighted by Crippen LogP contribution is 2.35. The zero-order chi connectivity index (χ0) is 13.0. The van der Waals surface area contributed by atoms with E-state index in [-0.39, 0.29) is 11.2 Å². The Hall–Kier alpha value is -1.40. The highest BCUT2D eigenvalue weighted by Gasteiger charge is 2.14. The van der Waals surface area contributed by atoms with E-state index in [1.165, 1.54) is 0 Å². The van der Waals surface area contributed by atoms with Gasteiger partial charge < -0.3 is 9.47 Å². The van der Waals surface area contributed by atoms with Crippen LogP contribution in [0, 0.1) is 0 Å². The Kier molecular flexibility index (Phi) is 4.33. The number of fused-ring (bicyclic) bond motifs is 1. The smallest absolute Gasteiger partial charge is 0.234 e. The van der Waals surface area contributed by atoms with Gasteiger partial charge in [-0.1, -0.05) is 6.92 Å². The van der Waals surface area contributed by atoms with E-state index in [1.807, 2.05) is 25.1 Å². The largest absolute Gasteiger partial charge is 0.486 e. The molecule has 6 heteroatoms. The van der Waals surface area contributed by atoms with E-state index < -0.39 is 0 Å². The Morgan fingerprint density at radius 2 is 2.17 bits per heavy atom. The summed E-state index contributed by atoms with van der Waals surface area (Å²) in [6.07, 6.45) is 0.385. The molecule has 5 nitrogen and oxygen atoms in total. The van der Waals surface area contributed by atoms with Crippen molar-refractivity contribution in [1.29, 1.82) is 0 Å². The molecule has 0 saturated carbocycles. The van der Waals surface area contributed by atoms with E-state index in [0.29, 0.717) is 19.6 Å². The first-order valence-electron chi connectivity index (χ1n) is 5.75. The van der Waals surface area contributed by atoms with Crippen LogP contribution in [-0.2, 0) is 4.79 Å². The highest BCUT2D eigenvalue weighted by molar-refractivity contribution is 8.00. The summed E-state index contributed by atoms with van der Waals surface area (Å²) in [5, 5.41) is 0.149. The van der Waals surface area contributed by atoms with E-state index in [2.05, 4.69) is 5.43 Å². The van der Waals surface area contributed by atoms with Gasteiger partial charge in [-0.2, -0.15) is 0 Å². The Labute approximate surface area is 110 Å². The van der Waals surface area contributed by atoms with Gasteiger partial charge in [0.15, 0.2) is 11.5 Å². The van der Waals surface area contributed by atoms with Crippen molar-refractivity contribution in [3.63, 3.8) is 0 Å². The summed E-state index contributed by atoms with van der Waals surface area (Å²) in [5.74, 6) is 6.44. The van der Waals surface area contributed by atoms with E-state index in [1.54, 1.807) is 11.8 Å². The van der Waals surface area contributed by atoms with Crippen molar-refractivity contribution in [1.82, 2.24) is 5.43 Å². The summed E-state index contributed by atoms with van der Waals surface area (Å²) in [6.45, 7) is 3.15. The highest BCUT2D eigenvalue weighted by atomic mass is 32.2. The molecule has 0 fully saturated rings. The maximum atomic E-state index is 11.2. The molecular formula is C12H16N2O3S.